The molecule has 5 nitrogen and oxygen atoms in total. The van der Waals surface area contributed by atoms with Gasteiger partial charge in [-0.25, -0.2) is 4.79 Å². The quantitative estimate of drug-likeness (QED) is 0.818. The largest absolute Gasteiger partial charge is 0.456 e. The standard InChI is InChI=1S/C14H21N3O2/c1-14(2,3)19-13(18)11-4-5-16-10-12(11)17-8-6-15-7-9-17/h4-5,10,15H,6-9H2,1-3H3. The van der Waals surface area contributed by atoms with E-state index in [1.54, 1.807) is 18.5 Å². The Kier molecular flexibility index (Phi) is 4.04. The van der Waals surface area contributed by atoms with Gasteiger partial charge in [-0.2, -0.15) is 0 Å². The lowest BCUT2D eigenvalue weighted by Crippen LogP contribution is -2.44. The number of esters is 1. The second kappa shape index (κ2) is 5.57. The molecule has 0 saturated carbocycles. The lowest BCUT2D eigenvalue weighted by molar-refractivity contribution is 0.00701. The van der Waals surface area contributed by atoms with Crippen molar-refractivity contribution >= 4 is 11.7 Å². The summed E-state index contributed by atoms with van der Waals surface area (Å²) in [4.78, 5) is 18.5. The zero-order valence-corrected chi connectivity index (χ0v) is 11.8. The predicted octanol–water partition coefficient (Wildman–Crippen LogP) is 1.45. The molecule has 1 aromatic rings. The molecule has 1 aromatic heterocycles. The van der Waals surface area contributed by atoms with E-state index >= 15 is 0 Å². The van der Waals surface area contributed by atoms with Crippen molar-refractivity contribution in [3.05, 3.63) is 24.0 Å². The summed E-state index contributed by atoms with van der Waals surface area (Å²) < 4.78 is 5.45. The van der Waals surface area contributed by atoms with Crippen molar-refractivity contribution in [1.29, 1.82) is 0 Å². The van der Waals surface area contributed by atoms with Crippen molar-refractivity contribution in [2.45, 2.75) is 26.4 Å². The van der Waals surface area contributed by atoms with E-state index in [9.17, 15) is 4.79 Å². The van der Waals surface area contributed by atoms with Crippen molar-refractivity contribution in [2.24, 2.45) is 0 Å². The SMILES string of the molecule is CC(C)(C)OC(=O)c1ccncc1N1CCNCC1. The summed E-state index contributed by atoms with van der Waals surface area (Å²) >= 11 is 0. The maximum atomic E-state index is 12.2. The summed E-state index contributed by atoms with van der Waals surface area (Å²) in [6, 6.07) is 1.73. The fourth-order valence-corrected chi connectivity index (χ4v) is 2.05. The molecule has 1 fully saturated rings. The van der Waals surface area contributed by atoms with E-state index in [1.807, 2.05) is 20.8 Å². The van der Waals surface area contributed by atoms with Crippen molar-refractivity contribution in [3.63, 3.8) is 0 Å². The number of carbonyl (C=O) groups is 1. The number of rotatable bonds is 2. The lowest BCUT2D eigenvalue weighted by atomic mass is 10.1. The van der Waals surface area contributed by atoms with Gasteiger partial charge in [0, 0.05) is 32.4 Å². The van der Waals surface area contributed by atoms with E-state index in [4.69, 9.17) is 4.74 Å². The normalized spacial score (nSPS) is 16.3. The van der Waals surface area contributed by atoms with Crippen LogP contribution in [0.1, 0.15) is 31.1 Å². The number of hydrogen-bond donors (Lipinski definition) is 1. The minimum atomic E-state index is -0.485. The summed E-state index contributed by atoms with van der Waals surface area (Å²) in [6.07, 6.45) is 3.37. The number of anilines is 1. The average molecular weight is 263 g/mol. The fourth-order valence-electron chi connectivity index (χ4n) is 2.05. The van der Waals surface area contributed by atoms with Crippen molar-refractivity contribution in [2.75, 3.05) is 31.1 Å². The number of nitrogens with one attached hydrogen (secondary N) is 1. The van der Waals surface area contributed by atoms with E-state index in [2.05, 4.69) is 15.2 Å². The van der Waals surface area contributed by atoms with E-state index in [1.165, 1.54) is 0 Å². The minimum Gasteiger partial charge on any atom is -0.456 e. The summed E-state index contributed by atoms with van der Waals surface area (Å²) in [6.45, 7) is 9.21. The van der Waals surface area contributed by atoms with Gasteiger partial charge in [0.25, 0.3) is 0 Å². The summed E-state index contributed by atoms with van der Waals surface area (Å²) in [7, 11) is 0. The van der Waals surface area contributed by atoms with E-state index in [-0.39, 0.29) is 5.97 Å². The zero-order chi connectivity index (χ0) is 13.9. The van der Waals surface area contributed by atoms with Crippen LogP contribution < -0.4 is 10.2 Å². The predicted molar refractivity (Wildman–Crippen MR) is 74.5 cm³/mol. The molecule has 1 aliphatic heterocycles. The Morgan fingerprint density at radius 3 is 2.68 bits per heavy atom. The molecule has 0 aromatic carbocycles. The lowest BCUT2D eigenvalue weighted by Gasteiger charge is -2.30. The first-order valence-corrected chi connectivity index (χ1v) is 6.60. The van der Waals surface area contributed by atoms with Gasteiger partial charge in [0.05, 0.1) is 17.4 Å². The first-order valence-electron chi connectivity index (χ1n) is 6.60. The summed E-state index contributed by atoms with van der Waals surface area (Å²) in [5.41, 5.74) is 0.964. The number of ether oxygens (including phenoxy) is 1. The van der Waals surface area contributed by atoms with Gasteiger partial charge in [-0.3, -0.25) is 4.98 Å². The molecule has 2 rings (SSSR count). The maximum Gasteiger partial charge on any atom is 0.340 e. The smallest absolute Gasteiger partial charge is 0.340 e. The van der Waals surface area contributed by atoms with Crippen molar-refractivity contribution in [1.82, 2.24) is 10.3 Å². The van der Waals surface area contributed by atoms with Crippen LogP contribution in [0.5, 0.6) is 0 Å². The molecule has 0 radical (unpaired) electrons. The minimum absolute atomic E-state index is 0.288. The molecule has 1 saturated heterocycles. The molecule has 0 atom stereocenters. The van der Waals surface area contributed by atoms with Gasteiger partial charge in [0.2, 0.25) is 0 Å². The maximum absolute atomic E-state index is 12.2. The molecule has 1 N–H and O–H groups in total. The first kappa shape index (κ1) is 13.8. The Balaban J connectivity index is 2.22. The Hall–Kier alpha value is -1.62. The van der Waals surface area contributed by atoms with Crippen LogP contribution in [-0.4, -0.2) is 42.7 Å². The molecular formula is C14H21N3O2. The molecule has 1 aliphatic rings. The highest BCUT2D eigenvalue weighted by Crippen LogP contribution is 2.22. The Bertz CT molecular complexity index is 448. The zero-order valence-electron chi connectivity index (χ0n) is 11.8. The van der Waals surface area contributed by atoms with Crippen LogP contribution in [0.15, 0.2) is 18.5 Å². The topological polar surface area (TPSA) is 54.5 Å². The Labute approximate surface area is 114 Å². The van der Waals surface area contributed by atoms with E-state index < -0.39 is 5.60 Å². The van der Waals surface area contributed by atoms with Gasteiger partial charge in [0.15, 0.2) is 0 Å². The molecule has 0 bridgehead atoms. The second-order valence-electron chi connectivity index (χ2n) is 5.63. The van der Waals surface area contributed by atoms with E-state index in [0.717, 1.165) is 31.9 Å². The third-order valence-electron chi connectivity index (χ3n) is 2.88. The molecule has 0 spiro atoms. The van der Waals surface area contributed by atoms with Gasteiger partial charge < -0.3 is 15.0 Å². The van der Waals surface area contributed by atoms with Crippen molar-refractivity contribution < 1.29 is 9.53 Å². The molecule has 104 valence electrons. The molecule has 0 amide bonds. The molecular weight excluding hydrogens is 242 g/mol. The Morgan fingerprint density at radius 2 is 2.05 bits per heavy atom. The van der Waals surface area contributed by atoms with Crippen LogP contribution in [-0.2, 0) is 4.74 Å². The number of hydrogen-bond acceptors (Lipinski definition) is 5. The van der Waals surface area contributed by atoms with Gasteiger partial charge in [0.1, 0.15) is 5.60 Å². The van der Waals surface area contributed by atoms with Gasteiger partial charge >= 0.3 is 5.97 Å². The molecule has 0 aliphatic carbocycles. The van der Waals surface area contributed by atoms with Crippen LogP contribution in [0.25, 0.3) is 0 Å². The van der Waals surface area contributed by atoms with Gasteiger partial charge in [-0.05, 0) is 26.8 Å². The summed E-state index contributed by atoms with van der Waals surface area (Å²) in [5, 5.41) is 3.29. The average Bonchev–Trinajstić information content (AvgIpc) is 2.38. The number of pyridine rings is 1. The van der Waals surface area contributed by atoms with Crippen LogP contribution in [0, 0.1) is 0 Å². The highest BCUT2D eigenvalue weighted by molar-refractivity contribution is 5.95. The molecule has 19 heavy (non-hydrogen) atoms. The van der Waals surface area contributed by atoms with E-state index in [0.29, 0.717) is 5.56 Å². The third-order valence-corrected chi connectivity index (χ3v) is 2.88. The number of nitrogens with zero attached hydrogens (tertiary/aromatic N) is 2. The first-order chi connectivity index (χ1) is 8.97. The molecule has 5 heteroatoms. The highest BCUT2D eigenvalue weighted by Gasteiger charge is 2.23. The van der Waals surface area contributed by atoms with Gasteiger partial charge in [-0.15, -0.1) is 0 Å². The Morgan fingerprint density at radius 1 is 1.37 bits per heavy atom. The monoisotopic (exact) mass is 263 g/mol. The number of piperazine rings is 1. The van der Waals surface area contributed by atoms with Crippen LogP contribution in [0.2, 0.25) is 0 Å². The third kappa shape index (κ3) is 3.67. The molecule has 0 unspecified atom stereocenters. The summed E-state index contributed by atoms with van der Waals surface area (Å²) in [5.74, 6) is -0.288. The van der Waals surface area contributed by atoms with Crippen LogP contribution in [0.4, 0.5) is 5.69 Å². The molecule has 2 heterocycles. The second-order valence-corrected chi connectivity index (χ2v) is 5.63. The van der Waals surface area contributed by atoms with Gasteiger partial charge in [-0.1, -0.05) is 0 Å². The highest BCUT2D eigenvalue weighted by atomic mass is 16.6. The number of aromatic nitrogens is 1. The fraction of sp³-hybridized carbons (Fsp3) is 0.571. The number of carbonyl (C=O) groups excluding carboxylic acids is 1. The van der Waals surface area contributed by atoms with Crippen LogP contribution in [0.3, 0.4) is 0 Å². The van der Waals surface area contributed by atoms with Crippen molar-refractivity contribution in [3.8, 4) is 0 Å². The van der Waals surface area contributed by atoms with Crippen LogP contribution >= 0.6 is 0 Å².